The Kier molecular flexibility index (Phi) is 5.56. The highest BCUT2D eigenvalue weighted by Gasteiger charge is 2.16. The van der Waals surface area contributed by atoms with E-state index in [2.05, 4.69) is 0 Å². The van der Waals surface area contributed by atoms with Crippen LogP contribution in [0.3, 0.4) is 0 Å². The predicted molar refractivity (Wildman–Crippen MR) is 72.0 cm³/mol. The minimum Gasteiger partial charge on any atom is -0.493 e. The molecule has 0 spiro atoms. The van der Waals surface area contributed by atoms with Crippen molar-refractivity contribution in [3.63, 3.8) is 0 Å². The van der Waals surface area contributed by atoms with Crippen molar-refractivity contribution in [3.05, 3.63) is 34.4 Å². The molecule has 8 heteroatoms. The molecule has 6 nitrogen and oxygen atoms in total. The van der Waals surface area contributed by atoms with E-state index in [0.717, 1.165) is 0 Å². The second kappa shape index (κ2) is 6.72. The molecule has 0 fully saturated rings. The molecule has 1 aromatic carbocycles. The van der Waals surface area contributed by atoms with Gasteiger partial charge in [-0.05, 0) is 12.5 Å². The average molecular weight is 308 g/mol. The van der Waals surface area contributed by atoms with Crippen LogP contribution in [0.15, 0.2) is 24.3 Å². The third kappa shape index (κ3) is 5.89. The van der Waals surface area contributed by atoms with E-state index in [1.54, 1.807) is 6.07 Å². The molecule has 0 N–H and O–H groups in total. The van der Waals surface area contributed by atoms with Crippen LogP contribution in [-0.4, -0.2) is 25.7 Å². The maximum atomic E-state index is 11.0. The number of nitro groups is 1. The fourth-order valence-corrected chi connectivity index (χ4v) is 2.90. The van der Waals surface area contributed by atoms with E-state index in [9.17, 15) is 18.5 Å². The maximum Gasteiger partial charge on any atom is 0.273 e. The first kappa shape index (κ1) is 15.7. The van der Waals surface area contributed by atoms with Gasteiger partial charge in [-0.3, -0.25) is 10.1 Å². The molecule has 0 heterocycles. The first-order valence-corrected chi connectivity index (χ1v) is 8.09. The number of ether oxygens (including phenoxy) is 1. The smallest absolute Gasteiger partial charge is 0.273 e. The van der Waals surface area contributed by atoms with E-state index >= 15 is 0 Å². The number of hydrogen-bond acceptors (Lipinski definition) is 5. The van der Waals surface area contributed by atoms with Gasteiger partial charge in [-0.1, -0.05) is 13.0 Å². The zero-order valence-corrected chi connectivity index (χ0v) is 11.9. The third-order valence-corrected chi connectivity index (χ3v) is 3.77. The van der Waals surface area contributed by atoms with E-state index in [0.29, 0.717) is 12.2 Å². The van der Waals surface area contributed by atoms with Crippen molar-refractivity contribution in [3.8, 4) is 5.75 Å². The Morgan fingerprint density at radius 2 is 2.16 bits per heavy atom. The van der Waals surface area contributed by atoms with Crippen LogP contribution in [0, 0.1) is 16.0 Å². The molecule has 0 aliphatic heterocycles. The second-order valence-corrected chi connectivity index (χ2v) is 6.87. The van der Waals surface area contributed by atoms with E-state index in [1.165, 1.54) is 18.2 Å². The molecule has 0 saturated heterocycles. The van der Waals surface area contributed by atoms with Gasteiger partial charge in [0.15, 0.2) is 0 Å². The quantitative estimate of drug-likeness (QED) is 0.439. The van der Waals surface area contributed by atoms with Crippen molar-refractivity contribution in [2.45, 2.75) is 13.3 Å². The van der Waals surface area contributed by atoms with E-state index < -0.39 is 14.0 Å². The van der Waals surface area contributed by atoms with Gasteiger partial charge in [0.2, 0.25) is 9.05 Å². The molecule has 19 heavy (non-hydrogen) atoms. The lowest BCUT2D eigenvalue weighted by atomic mass is 10.1. The molecular weight excluding hydrogens is 294 g/mol. The Morgan fingerprint density at radius 1 is 1.47 bits per heavy atom. The summed E-state index contributed by atoms with van der Waals surface area (Å²) in [4.78, 5) is 10.1. The minimum absolute atomic E-state index is 0.0736. The summed E-state index contributed by atoms with van der Waals surface area (Å²) in [7, 11) is 1.61. The topological polar surface area (TPSA) is 86.5 Å². The van der Waals surface area contributed by atoms with Crippen LogP contribution in [0.1, 0.15) is 13.3 Å². The molecule has 1 unspecified atom stereocenters. The van der Waals surface area contributed by atoms with E-state index in [1.807, 2.05) is 6.92 Å². The van der Waals surface area contributed by atoms with Crippen LogP contribution in [0.4, 0.5) is 5.69 Å². The fraction of sp³-hybridized carbons (Fsp3) is 0.455. The summed E-state index contributed by atoms with van der Waals surface area (Å²) in [6.45, 7) is 1.97. The monoisotopic (exact) mass is 307 g/mol. The largest absolute Gasteiger partial charge is 0.493 e. The highest BCUT2D eigenvalue weighted by atomic mass is 35.7. The van der Waals surface area contributed by atoms with Gasteiger partial charge in [-0.2, -0.15) is 0 Å². The molecule has 0 aliphatic carbocycles. The van der Waals surface area contributed by atoms with Crippen LogP contribution in [-0.2, 0) is 9.05 Å². The van der Waals surface area contributed by atoms with Crippen molar-refractivity contribution >= 4 is 25.4 Å². The molecule has 0 aromatic heterocycles. The van der Waals surface area contributed by atoms with Crippen molar-refractivity contribution < 1.29 is 18.1 Å². The molecule has 0 amide bonds. The van der Waals surface area contributed by atoms with Crippen molar-refractivity contribution in [2.75, 3.05) is 12.4 Å². The minimum atomic E-state index is -3.58. The number of nitro benzene ring substituents is 1. The van der Waals surface area contributed by atoms with Crippen LogP contribution >= 0.6 is 10.7 Å². The van der Waals surface area contributed by atoms with Gasteiger partial charge in [0.25, 0.3) is 5.69 Å². The number of hydrogen-bond donors (Lipinski definition) is 0. The van der Waals surface area contributed by atoms with Crippen LogP contribution in [0.2, 0.25) is 0 Å². The first-order valence-electron chi connectivity index (χ1n) is 5.61. The Morgan fingerprint density at radius 3 is 2.68 bits per heavy atom. The molecule has 0 bridgehead atoms. The second-order valence-electron chi connectivity index (χ2n) is 4.05. The van der Waals surface area contributed by atoms with Crippen molar-refractivity contribution in [1.29, 1.82) is 0 Å². The summed E-state index contributed by atoms with van der Waals surface area (Å²) in [6, 6.07) is 5.73. The summed E-state index contributed by atoms with van der Waals surface area (Å²) in [6.07, 6.45) is 0.584. The highest BCUT2D eigenvalue weighted by molar-refractivity contribution is 8.13. The predicted octanol–water partition coefficient (Wildman–Crippen LogP) is 2.57. The number of rotatable bonds is 7. The van der Waals surface area contributed by atoms with E-state index in [-0.39, 0.29) is 24.0 Å². The third-order valence-electron chi connectivity index (χ3n) is 2.53. The van der Waals surface area contributed by atoms with Crippen molar-refractivity contribution in [1.82, 2.24) is 0 Å². The number of non-ortho nitro benzene ring substituents is 1. The summed E-state index contributed by atoms with van der Waals surface area (Å²) >= 11 is 0. The molecule has 1 aromatic rings. The summed E-state index contributed by atoms with van der Waals surface area (Å²) < 4.78 is 27.3. The van der Waals surface area contributed by atoms with Crippen LogP contribution < -0.4 is 4.74 Å². The lowest BCUT2D eigenvalue weighted by Gasteiger charge is -2.14. The van der Waals surface area contributed by atoms with Gasteiger partial charge < -0.3 is 4.74 Å². The zero-order valence-electron chi connectivity index (χ0n) is 10.3. The highest BCUT2D eigenvalue weighted by Crippen LogP contribution is 2.20. The van der Waals surface area contributed by atoms with Gasteiger partial charge in [0.1, 0.15) is 5.75 Å². The normalized spacial score (nSPS) is 12.9. The molecular formula is C11H14ClNO5S. The molecule has 1 rings (SSSR count). The van der Waals surface area contributed by atoms with Gasteiger partial charge >= 0.3 is 0 Å². The Balaban J connectivity index is 2.64. The lowest BCUT2D eigenvalue weighted by molar-refractivity contribution is -0.384. The van der Waals surface area contributed by atoms with Gasteiger partial charge in [-0.15, -0.1) is 0 Å². The van der Waals surface area contributed by atoms with E-state index in [4.69, 9.17) is 15.4 Å². The Hall–Kier alpha value is -1.34. The van der Waals surface area contributed by atoms with Crippen LogP contribution in [0.5, 0.6) is 5.75 Å². The average Bonchev–Trinajstić information content (AvgIpc) is 2.33. The molecule has 0 saturated carbocycles. The SMILES string of the molecule is CCC(COc1cccc([N+](=O)[O-])c1)CS(=O)(=O)Cl. The van der Waals surface area contributed by atoms with Gasteiger partial charge in [0.05, 0.1) is 23.3 Å². The summed E-state index contributed by atoms with van der Waals surface area (Å²) in [5.41, 5.74) is -0.0736. The number of benzene rings is 1. The van der Waals surface area contributed by atoms with Crippen LogP contribution in [0.25, 0.3) is 0 Å². The standard InChI is InChI=1S/C11H14ClNO5S/c1-2-9(8-19(12,16)17)7-18-11-5-3-4-10(6-11)13(14)15/h3-6,9H,2,7-8H2,1H3. The summed E-state index contributed by atoms with van der Waals surface area (Å²) in [5, 5.41) is 10.6. The zero-order chi connectivity index (χ0) is 14.5. The summed E-state index contributed by atoms with van der Waals surface area (Å²) in [5.74, 6) is -0.0960. The van der Waals surface area contributed by atoms with Gasteiger partial charge in [-0.25, -0.2) is 8.42 Å². The fourth-order valence-electron chi connectivity index (χ4n) is 1.47. The molecule has 106 valence electrons. The number of halogens is 1. The molecule has 0 radical (unpaired) electrons. The molecule has 0 aliphatic rings. The van der Waals surface area contributed by atoms with Gasteiger partial charge in [0, 0.05) is 22.7 Å². The lowest BCUT2D eigenvalue weighted by Crippen LogP contribution is -2.19. The number of nitrogens with zero attached hydrogens (tertiary/aromatic N) is 1. The molecule has 1 atom stereocenters. The van der Waals surface area contributed by atoms with Crippen molar-refractivity contribution in [2.24, 2.45) is 5.92 Å². The Bertz CT molecular complexity index is 546. The first-order chi connectivity index (χ1) is 8.81. The maximum absolute atomic E-state index is 11.0. The Labute approximate surface area is 115 Å².